The third-order valence-electron chi connectivity index (χ3n) is 1.96. The summed E-state index contributed by atoms with van der Waals surface area (Å²) in [5, 5.41) is 9.33. The minimum Gasteiger partial charge on any atom is -0.395 e. The molecule has 1 aromatic carbocycles. The first-order valence-electron chi connectivity index (χ1n) is 4.39. The molecule has 2 rings (SSSR count). The number of nitrogens with one attached hydrogen (secondary N) is 2. The fourth-order valence-electron chi connectivity index (χ4n) is 1.19. The molecule has 0 spiro atoms. The van der Waals surface area contributed by atoms with E-state index in [1.807, 2.05) is 0 Å². The van der Waals surface area contributed by atoms with Gasteiger partial charge in [0, 0.05) is 0 Å². The zero-order chi connectivity index (χ0) is 10.7. The summed E-state index contributed by atoms with van der Waals surface area (Å²) in [6.07, 6.45) is 1.41. The highest BCUT2D eigenvalue weighted by Gasteiger charge is 2.04. The van der Waals surface area contributed by atoms with Gasteiger partial charge in [-0.25, -0.2) is 9.37 Å². The number of anilines is 2. The van der Waals surface area contributed by atoms with Gasteiger partial charge in [0.15, 0.2) is 0 Å². The average molecular weight is 207 g/mol. The van der Waals surface area contributed by atoms with Gasteiger partial charge in [-0.05, 0) is 12.1 Å². The number of nitrogen functional groups attached to an aromatic ring is 1. The van der Waals surface area contributed by atoms with Crippen LogP contribution in [0.3, 0.4) is 0 Å². The van der Waals surface area contributed by atoms with Crippen molar-refractivity contribution in [3.8, 4) is 0 Å². The van der Waals surface area contributed by atoms with Gasteiger partial charge in [-0.2, -0.15) is 5.10 Å². The van der Waals surface area contributed by atoms with Crippen molar-refractivity contribution in [2.24, 2.45) is 0 Å². The van der Waals surface area contributed by atoms with Crippen LogP contribution in [0.1, 0.15) is 5.82 Å². The number of para-hydroxylation sites is 1. The predicted octanol–water partition coefficient (Wildman–Crippen LogP) is 1.14. The van der Waals surface area contributed by atoms with Gasteiger partial charge in [0.2, 0.25) is 0 Å². The maximum absolute atomic E-state index is 13.0. The van der Waals surface area contributed by atoms with E-state index in [9.17, 15) is 4.39 Å². The molecule has 0 aliphatic carbocycles. The molecule has 4 N–H and O–H groups in total. The van der Waals surface area contributed by atoms with Crippen molar-refractivity contribution in [3.63, 3.8) is 0 Å². The second kappa shape index (κ2) is 3.95. The molecule has 0 fully saturated rings. The van der Waals surface area contributed by atoms with Gasteiger partial charge in [-0.15, -0.1) is 0 Å². The Morgan fingerprint density at radius 3 is 3.07 bits per heavy atom. The summed E-state index contributed by atoms with van der Waals surface area (Å²) in [5.74, 6) is 0.233. The Kier molecular flexibility index (Phi) is 2.49. The molecule has 0 unspecified atom stereocenters. The number of hydrogen-bond donors (Lipinski definition) is 3. The summed E-state index contributed by atoms with van der Waals surface area (Å²) >= 11 is 0. The van der Waals surface area contributed by atoms with E-state index in [0.29, 0.717) is 18.1 Å². The number of benzene rings is 1. The lowest BCUT2D eigenvalue weighted by molar-refractivity contribution is 0.633. The highest BCUT2D eigenvalue weighted by Crippen LogP contribution is 2.21. The molecule has 5 nitrogen and oxygen atoms in total. The lowest BCUT2D eigenvalue weighted by Gasteiger charge is -2.07. The van der Waals surface area contributed by atoms with Crippen LogP contribution in [0.25, 0.3) is 0 Å². The van der Waals surface area contributed by atoms with Gasteiger partial charge < -0.3 is 11.1 Å². The van der Waals surface area contributed by atoms with Gasteiger partial charge in [0.05, 0.1) is 17.9 Å². The van der Waals surface area contributed by atoms with Crippen molar-refractivity contribution in [2.45, 2.75) is 6.54 Å². The fourth-order valence-corrected chi connectivity index (χ4v) is 1.19. The van der Waals surface area contributed by atoms with E-state index in [1.54, 1.807) is 12.1 Å². The van der Waals surface area contributed by atoms with Crippen LogP contribution < -0.4 is 11.1 Å². The maximum atomic E-state index is 13.0. The Morgan fingerprint density at radius 1 is 1.47 bits per heavy atom. The van der Waals surface area contributed by atoms with E-state index in [-0.39, 0.29) is 5.69 Å². The van der Waals surface area contributed by atoms with Gasteiger partial charge in [0.1, 0.15) is 18.0 Å². The minimum absolute atomic E-state index is 0.108. The van der Waals surface area contributed by atoms with Crippen molar-refractivity contribution in [1.82, 2.24) is 15.2 Å². The molecule has 6 heteroatoms. The Morgan fingerprint density at radius 2 is 2.33 bits per heavy atom. The third-order valence-corrected chi connectivity index (χ3v) is 1.96. The summed E-state index contributed by atoms with van der Waals surface area (Å²) in [5.41, 5.74) is 6.19. The van der Waals surface area contributed by atoms with Crippen LogP contribution in [0.4, 0.5) is 15.8 Å². The maximum Gasteiger partial charge on any atom is 0.148 e. The van der Waals surface area contributed by atoms with E-state index in [4.69, 9.17) is 5.73 Å². The number of H-pyrrole nitrogens is 1. The van der Waals surface area contributed by atoms with E-state index < -0.39 is 5.82 Å². The second-order valence-electron chi connectivity index (χ2n) is 2.99. The van der Waals surface area contributed by atoms with Crippen LogP contribution in [0.15, 0.2) is 24.5 Å². The van der Waals surface area contributed by atoms with Crippen LogP contribution in [0.5, 0.6) is 0 Å². The van der Waals surface area contributed by atoms with Gasteiger partial charge in [-0.3, -0.25) is 5.10 Å². The van der Waals surface area contributed by atoms with Crippen LogP contribution in [-0.4, -0.2) is 15.2 Å². The quantitative estimate of drug-likeness (QED) is 0.659. The molecule has 1 heterocycles. The summed E-state index contributed by atoms with van der Waals surface area (Å²) in [6.45, 7) is 0.424. The summed E-state index contributed by atoms with van der Waals surface area (Å²) in [7, 11) is 0. The van der Waals surface area contributed by atoms with Crippen LogP contribution in [0, 0.1) is 5.82 Å². The molecule has 0 atom stereocenters. The molecular formula is C9H10FN5. The third kappa shape index (κ3) is 2.04. The fraction of sp³-hybridized carbons (Fsp3) is 0.111. The first kappa shape index (κ1) is 9.45. The van der Waals surface area contributed by atoms with E-state index in [0.717, 1.165) is 0 Å². The van der Waals surface area contributed by atoms with Crippen molar-refractivity contribution in [2.75, 3.05) is 11.1 Å². The van der Waals surface area contributed by atoms with Gasteiger partial charge >= 0.3 is 0 Å². The smallest absolute Gasteiger partial charge is 0.148 e. The molecule has 15 heavy (non-hydrogen) atoms. The Balaban J connectivity index is 2.08. The van der Waals surface area contributed by atoms with Crippen molar-refractivity contribution < 1.29 is 4.39 Å². The molecule has 0 saturated carbocycles. The van der Waals surface area contributed by atoms with E-state index in [2.05, 4.69) is 20.5 Å². The number of nitrogens with two attached hydrogens (primary N) is 1. The van der Waals surface area contributed by atoms with Crippen LogP contribution in [0.2, 0.25) is 0 Å². The number of halogens is 1. The zero-order valence-electron chi connectivity index (χ0n) is 7.87. The largest absolute Gasteiger partial charge is 0.395 e. The monoisotopic (exact) mass is 207 g/mol. The first-order valence-corrected chi connectivity index (χ1v) is 4.39. The van der Waals surface area contributed by atoms with E-state index in [1.165, 1.54) is 12.4 Å². The SMILES string of the molecule is Nc1c(F)cccc1NCc1ncn[nH]1. The lowest BCUT2D eigenvalue weighted by Crippen LogP contribution is -2.05. The standard InChI is InChI=1S/C9H10FN5/c10-6-2-1-3-7(9(6)11)12-4-8-13-5-14-15-8/h1-3,5,12H,4,11H2,(H,13,14,15). The van der Waals surface area contributed by atoms with Gasteiger partial charge in [-0.1, -0.05) is 6.07 Å². The van der Waals surface area contributed by atoms with Crippen LogP contribution in [-0.2, 0) is 6.54 Å². The zero-order valence-corrected chi connectivity index (χ0v) is 7.87. The topological polar surface area (TPSA) is 79.6 Å². The molecule has 0 saturated heterocycles. The van der Waals surface area contributed by atoms with Gasteiger partial charge in [0.25, 0.3) is 0 Å². The van der Waals surface area contributed by atoms with Crippen molar-refractivity contribution >= 4 is 11.4 Å². The second-order valence-corrected chi connectivity index (χ2v) is 2.99. The predicted molar refractivity (Wildman–Crippen MR) is 54.5 cm³/mol. The average Bonchev–Trinajstić information content (AvgIpc) is 2.73. The molecule has 0 amide bonds. The number of aromatic amines is 1. The molecule has 78 valence electrons. The Labute approximate surface area is 85.5 Å². The number of aromatic nitrogens is 3. The van der Waals surface area contributed by atoms with E-state index >= 15 is 0 Å². The highest BCUT2D eigenvalue weighted by atomic mass is 19.1. The summed E-state index contributed by atoms with van der Waals surface area (Å²) in [6, 6.07) is 4.61. The summed E-state index contributed by atoms with van der Waals surface area (Å²) in [4.78, 5) is 3.92. The number of nitrogens with zero attached hydrogens (tertiary/aromatic N) is 2. The lowest BCUT2D eigenvalue weighted by atomic mass is 10.2. The van der Waals surface area contributed by atoms with Crippen molar-refractivity contribution in [1.29, 1.82) is 0 Å². The first-order chi connectivity index (χ1) is 7.27. The Bertz CT molecular complexity index is 440. The number of rotatable bonds is 3. The highest BCUT2D eigenvalue weighted by molar-refractivity contribution is 5.66. The molecule has 0 aliphatic rings. The Hall–Kier alpha value is -2.11. The normalized spacial score (nSPS) is 10.2. The molecule has 0 radical (unpaired) electrons. The van der Waals surface area contributed by atoms with Crippen molar-refractivity contribution in [3.05, 3.63) is 36.2 Å². The summed E-state index contributed by atoms with van der Waals surface area (Å²) < 4.78 is 13.0. The molecule has 0 bridgehead atoms. The van der Waals surface area contributed by atoms with Crippen LogP contribution >= 0.6 is 0 Å². The molecule has 2 aromatic rings. The minimum atomic E-state index is -0.433. The number of hydrogen-bond acceptors (Lipinski definition) is 4. The molecule has 1 aromatic heterocycles. The molecular weight excluding hydrogens is 197 g/mol. The molecule has 0 aliphatic heterocycles.